The first-order valence-electron chi connectivity index (χ1n) is 7.71. The quantitative estimate of drug-likeness (QED) is 0.829. The number of rotatable bonds is 2. The van der Waals surface area contributed by atoms with E-state index in [1.54, 1.807) is 0 Å². The molecule has 2 aliphatic heterocycles. The summed E-state index contributed by atoms with van der Waals surface area (Å²) < 4.78 is 2.13. The number of hydrogen-bond acceptors (Lipinski definition) is 4. The number of fused-ring (bicyclic) bond motifs is 2. The lowest BCUT2D eigenvalue weighted by Gasteiger charge is -2.28. The molecule has 0 saturated heterocycles. The molecule has 0 aliphatic carbocycles. The molecule has 114 valence electrons. The number of aromatic nitrogens is 3. The lowest BCUT2D eigenvalue weighted by atomic mass is 10.2. The van der Waals surface area contributed by atoms with Gasteiger partial charge in [0.25, 0.3) is 0 Å². The van der Waals surface area contributed by atoms with Crippen LogP contribution in [-0.2, 0) is 24.3 Å². The second-order valence-electron chi connectivity index (χ2n) is 5.95. The summed E-state index contributed by atoms with van der Waals surface area (Å²) in [4.78, 5) is 16.7. The summed E-state index contributed by atoms with van der Waals surface area (Å²) in [6.07, 6.45) is 0.954. The molecule has 0 spiro atoms. The van der Waals surface area contributed by atoms with Crippen LogP contribution in [0.15, 0.2) is 24.3 Å². The predicted molar refractivity (Wildman–Crippen MR) is 82.5 cm³/mol. The van der Waals surface area contributed by atoms with Crippen molar-refractivity contribution in [3.8, 4) is 0 Å². The fraction of sp³-hybridized carbons (Fsp3) is 0.438. The molecule has 22 heavy (non-hydrogen) atoms. The molecule has 1 amide bonds. The number of para-hydroxylation sites is 1. The van der Waals surface area contributed by atoms with Crippen molar-refractivity contribution in [3.63, 3.8) is 0 Å². The van der Waals surface area contributed by atoms with Crippen molar-refractivity contribution in [2.45, 2.75) is 26.4 Å². The van der Waals surface area contributed by atoms with Crippen LogP contribution < -0.4 is 4.90 Å². The van der Waals surface area contributed by atoms with Gasteiger partial charge in [0.05, 0.1) is 13.1 Å². The molecule has 4 rings (SSSR count). The average Bonchev–Trinajstić information content (AvgIpc) is 3.11. The second-order valence-corrected chi connectivity index (χ2v) is 5.95. The van der Waals surface area contributed by atoms with E-state index in [0.717, 1.165) is 43.4 Å². The minimum absolute atomic E-state index is 0.176. The molecule has 3 heterocycles. The maximum absolute atomic E-state index is 12.6. The number of benzene rings is 1. The molecular weight excluding hydrogens is 278 g/mol. The van der Waals surface area contributed by atoms with Gasteiger partial charge in [0.1, 0.15) is 11.6 Å². The van der Waals surface area contributed by atoms with Gasteiger partial charge in [-0.15, -0.1) is 10.2 Å². The SMILES string of the molecule is Cc1nnc2n1CCN(CC(=O)N1CCc3ccccc31)C2. The largest absolute Gasteiger partial charge is 0.313 e. The van der Waals surface area contributed by atoms with E-state index in [1.165, 1.54) is 5.56 Å². The summed E-state index contributed by atoms with van der Waals surface area (Å²) in [6, 6.07) is 8.17. The highest BCUT2D eigenvalue weighted by Gasteiger charge is 2.27. The molecule has 0 saturated carbocycles. The average molecular weight is 297 g/mol. The number of aryl methyl sites for hydroxylation is 1. The van der Waals surface area contributed by atoms with Crippen LogP contribution >= 0.6 is 0 Å². The number of amides is 1. The molecular formula is C16H19N5O. The Bertz CT molecular complexity index is 723. The monoisotopic (exact) mass is 297 g/mol. The van der Waals surface area contributed by atoms with E-state index in [2.05, 4.69) is 25.7 Å². The molecule has 0 fully saturated rings. The summed E-state index contributed by atoms with van der Waals surface area (Å²) in [6.45, 7) is 5.63. The van der Waals surface area contributed by atoms with E-state index in [0.29, 0.717) is 13.1 Å². The Labute approximate surface area is 129 Å². The first-order chi connectivity index (χ1) is 10.7. The van der Waals surface area contributed by atoms with Gasteiger partial charge in [-0.05, 0) is 25.0 Å². The Balaban J connectivity index is 1.46. The van der Waals surface area contributed by atoms with Crippen LogP contribution in [0.5, 0.6) is 0 Å². The lowest BCUT2D eigenvalue weighted by Crippen LogP contribution is -2.43. The Hall–Kier alpha value is -2.21. The van der Waals surface area contributed by atoms with E-state index in [1.807, 2.05) is 30.0 Å². The molecule has 1 aromatic heterocycles. The van der Waals surface area contributed by atoms with Gasteiger partial charge in [0, 0.05) is 25.3 Å². The predicted octanol–water partition coefficient (Wildman–Crippen LogP) is 0.991. The Morgan fingerprint density at radius 2 is 2.05 bits per heavy atom. The number of anilines is 1. The zero-order chi connectivity index (χ0) is 15.1. The summed E-state index contributed by atoms with van der Waals surface area (Å²) in [5, 5.41) is 8.30. The van der Waals surface area contributed by atoms with Crippen LogP contribution in [0.25, 0.3) is 0 Å². The molecule has 2 aromatic rings. The van der Waals surface area contributed by atoms with Crippen molar-refractivity contribution in [1.82, 2.24) is 19.7 Å². The highest BCUT2D eigenvalue weighted by atomic mass is 16.2. The van der Waals surface area contributed by atoms with Crippen molar-refractivity contribution in [1.29, 1.82) is 0 Å². The van der Waals surface area contributed by atoms with Crippen molar-refractivity contribution >= 4 is 11.6 Å². The van der Waals surface area contributed by atoms with Gasteiger partial charge < -0.3 is 9.47 Å². The smallest absolute Gasteiger partial charge is 0.241 e. The van der Waals surface area contributed by atoms with Gasteiger partial charge in [-0.25, -0.2) is 0 Å². The molecule has 0 unspecified atom stereocenters. The van der Waals surface area contributed by atoms with Gasteiger partial charge in [0.2, 0.25) is 5.91 Å². The highest BCUT2D eigenvalue weighted by molar-refractivity contribution is 5.96. The zero-order valence-electron chi connectivity index (χ0n) is 12.7. The fourth-order valence-electron chi connectivity index (χ4n) is 3.36. The van der Waals surface area contributed by atoms with E-state index >= 15 is 0 Å². The summed E-state index contributed by atoms with van der Waals surface area (Å²) in [5.74, 6) is 2.09. The van der Waals surface area contributed by atoms with Gasteiger partial charge in [0.15, 0.2) is 0 Å². The van der Waals surface area contributed by atoms with Crippen LogP contribution in [0.2, 0.25) is 0 Å². The molecule has 6 nitrogen and oxygen atoms in total. The Kier molecular flexibility index (Phi) is 3.18. The van der Waals surface area contributed by atoms with E-state index in [-0.39, 0.29) is 5.91 Å². The minimum atomic E-state index is 0.176. The fourth-order valence-corrected chi connectivity index (χ4v) is 3.36. The van der Waals surface area contributed by atoms with Gasteiger partial charge in [-0.3, -0.25) is 9.69 Å². The summed E-state index contributed by atoms with van der Waals surface area (Å²) in [5.41, 5.74) is 2.34. The van der Waals surface area contributed by atoms with Crippen molar-refractivity contribution < 1.29 is 4.79 Å². The van der Waals surface area contributed by atoms with E-state index in [9.17, 15) is 4.79 Å². The third-order valence-electron chi connectivity index (χ3n) is 4.56. The Morgan fingerprint density at radius 1 is 1.18 bits per heavy atom. The molecule has 0 atom stereocenters. The molecule has 2 aliphatic rings. The van der Waals surface area contributed by atoms with E-state index < -0.39 is 0 Å². The van der Waals surface area contributed by atoms with Crippen LogP contribution in [-0.4, -0.2) is 45.2 Å². The standard InChI is InChI=1S/C16H19N5O/c1-12-17-18-15-10-19(8-9-20(12)15)11-16(22)21-7-6-13-4-2-3-5-14(13)21/h2-5H,6-11H2,1H3. The van der Waals surface area contributed by atoms with Gasteiger partial charge in [-0.2, -0.15) is 0 Å². The molecule has 0 bridgehead atoms. The maximum atomic E-state index is 12.6. The normalized spacial score (nSPS) is 17.4. The number of nitrogens with zero attached hydrogens (tertiary/aromatic N) is 5. The Morgan fingerprint density at radius 3 is 2.95 bits per heavy atom. The summed E-state index contributed by atoms with van der Waals surface area (Å²) >= 11 is 0. The van der Waals surface area contributed by atoms with Gasteiger partial charge in [-0.1, -0.05) is 18.2 Å². The minimum Gasteiger partial charge on any atom is -0.313 e. The number of hydrogen-bond donors (Lipinski definition) is 0. The van der Waals surface area contributed by atoms with Crippen LogP contribution in [0.3, 0.4) is 0 Å². The summed E-state index contributed by atoms with van der Waals surface area (Å²) in [7, 11) is 0. The van der Waals surface area contributed by atoms with Gasteiger partial charge >= 0.3 is 0 Å². The number of carbonyl (C=O) groups is 1. The second kappa shape index (κ2) is 5.21. The molecule has 0 N–H and O–H groups in total. The third-order valence-corrected chi connectivity index (χ3v) is 4.56. The van der Waals surface area contributed by atoms with Crippen molar-refractivity contribution in [2.75, 3.05) is 24.5 Å². The van der Waals surface area contributed by atoms with Crippen LogP contribution in [0, 0.1) is 6.92 Å². The van der Waals surface area contributed by atoms with Crippen LogP contribution in [0.1, 0.15) is 17.2 Å². The third kappa shape index (κ3) is 2.20. The lowest BCUT2D eigenvalue weighted by molar-refractivity contribution is -0.120. The van der Waals surface area contributed by atoms with E-state index in [4.69, 9.17) is 0 Å². The first kappa shape index (κ1) is 13.5. The maximum Gasteiger partial charge on any atom is 0.241 e. The van der Waals surface area contributed by atoms with Crippen molar-refractivity contribution in [2.24, 2.45) is 0 Å². The first-order valence-corrected chi connectivity index (χ1v) is 7.71. The highest BCUT2D eigenvalue weighted by Crippen LogP contribution is 2.27. The van der Waals surface area contributed by atoms with Crippen molar-refractivity contribution in [3.05, 3.63) is 41.5 Å². The number of carbonyl (C=O) groups excluding carboxylic acids is 1. The zero-order valence-corrected chi connectivity index (χ0v) is 12.7. The molecule has 0 radical (unpaired) electrons. The van der Waals surface area contributed by atoms with Crippen LogP contribution in [0.4, 0.5) is 5.69 Å². The topological polar surface area (TPSA) is 54.3 Å². The molecule has 6 heteroatoms. The molecule has 1 aromatic carbocycles.